The highest BCUT2D eigenvalue weighted by Gasteiger charge is 2.32. The molecule has 0 N–H and O–H groups in total. The van der Waals surface area contributed by atoms with E-state index in [0.29, 0.717) is 18.0 Å². The summed E-state index contributed by atoms with van der Waals surface area (Å²) < 4.78 is 28.5. The van der Waals surface area contributed by atoms with Crippen LogP contribution in [0.3, 0.4) is 0 Å². The molecule has 0 saturated carbocycles. The number of sulfonamides is 1. The zero-order chi connectivity index (χ0) is 20.6. The van der Waals surface area contributed by atoms with E-state index in [9.17, 15) is 8.42 Å². The Kier molecular flexibility index (Phi) is 6.20. The van der Waals surface area contributed by atoms with Gasteiger partial charge in [0.25, 0.3) is 0 Å². The van der Waals surface area contributed by atoms with Gasteiger partial charge in [-0.25, -0.2) is 8.42 Å². The van der Waals surface area contributed by atoms with Crippen molar-refractivity contribution >= 4 is 21.6 Å². The summed E-state index contributed by atoms with van der Waals surface area (Å²) in [5, 5.41) is 0.731. The molecule has 28 heavy (non-hydrogen) atoms. The first kappa shape index (κ1) is 21.3. The first-order valence-corrected chi connectivity index (χ1v) is 11.5. The first-order chi connectivity index (χ1) is 13.1. The van der Waals surface area contributed by atoms with E-state index in [1.165, 1.54) is 11.1 Å². The lowest BCUT2D eigenvalue weighted by atomic mass is 9.95. The van der Waals surface area contributed by atoms with Gasteiger partial charge >= 0.3 is 0 Å². The molecule has 0 unspecified atom stereocenters. The van der Waals surface area contributed by atoms with Gasteiger partial charge in [0.15, 0.2) is 0 Å². The van der Waals surface area contributed by atoms with Crippen LogP contribution in [0.1, 0.15) is 33.4 Å². The Hall–Kier alpha value is -1.40. The maximum absolute atomic E-state index is 13.4. The van der Waals surface area contributed by atoms with Crippen LogP contribution in [0.25, 0.3) is 0 Å². The van der Waals surface area contributed by atoms with Crippen LogP contribution < -0.4 is 0 Å². The van der Waals surface area contributed by atoms with Gasteiger partial charge in [0.05, 0.1) is 4.90 Å². The van der Waals surface area contributed by atoms with Gasteiger partial charge in [0, 0.05) is 37.7 Å². The second-order valence-electron chi connectivity index (χ2n) is 7.76. The zero-order valence-electron chi connectivity index (χ0n) is 17.3. The van der Waals surface area contributed by atoms with Crippen LogP contribution in [-0.2, 0) is 16.6 Å². The molecule has 0 bridgehead atoms. The highest BCUT2D eigenvalue weighted by atomic mass is 35.5. The Morgan fingerprint density at radius 3 is 1.75 bits per heavy atom. The lowest BCUT2D eigenvalue weighted by Gasteiger charge is -2.35. The van der Waals surface area contributed by atoms with Crippen LogP contribution in [0.4, 0.5) is 0 Å². The number of halogens is 1. The van der Waals surface area contributed by atoms with Crippen molar-refractivity contribution in [1.82, 2.24) is 9.21 Å². The predicted molar refractivity (Wildman–Crippen MR) is 116 cm³/mol. The molecule has 1 aliphatic rings. The minimum Gasteiger partial charge on any atom is -0.296 e. The minimum absolute atomic E-state index is 0.499. The fourth-order valence-electron chi connectivity index (χ4n) is 3.96. The lowest BCUT2D eigenvalue weighted by Crippen LogP contribution is -2.48. The van der Waals surface area contributed by atoms with Crippen LogP contribution in [0, 0.1) is 34.6 Å². The number of hydrogen-bond donors (Lipinski definition) is 0. The van der Waals surface area contributed by atoms with Crippen LogP contribution in [0.2, 0.25) is 5.02 Å². The molecule has 0 aliphatic carbocycles. The molecule has 152 valence electrons. The maximum atomic E-state index is 13.4. The zero-order valence-corrected chi connectivity index (χ0v) is 18.9. The van der Waals surface area contributed by atoms with E-state index in [4.69, 9.17) is 11.6 Å². The summed E-state index contributed by atoms with van der Waals surface area (Å²) in [4.78, 5) is 2.79. The SMILES string of the molecule is Cc1c(C)c(C)c(S(=O)(=O)N2CCN(Cc3ccc(Cl)cc3)CC2)c(C)c1C. The molecule has 1 aliphatic heterocycles. The molecule has 2 aromatic carbocycles. The number of rotatable bonds is 4. The van der Waals surface area contributed by atoms with Gasteiger partial charge in [-0.05, 0) is 80.1 Å². The average Bonchev–Trinajstić information content (AvgIpc) is 2.67. The van der Waals surface area contributed by atoms with Crippen LogP contribution in [0.5, 0.6) is 0 Å². The van der Waals surface area contributed by atoms with Crippen molar-refractivity contribution < 1.29 is 8.42 Å². The molecule has 1 saturated heterocycles. The van der Waals surface area contributed by atoms with E-state index in [2.05, 4.69) is 11.8 Å². The third-order valence-electron chi connectivity index (χ3n) is 6.18. The first-order valence-electron chi connectivity index (χ1n) is 9.67. The standard InChI is InChI=1S/C22H29ClN2O2S/c1-15-16(2)18(4)22(19(5)17(15)3)28(26,27)25-12-10-24(11-13-25)14-20-6-8-21(23)9-7-20/h6-9H,10-14H2,1-5H3. The van der Waals surface area contributed by atoms with Gasteiger partial charge in [0.1, 0.15) is 0 Å². The van der Waals surface area contributed by atoms with Crippen molar-refractivity contribution in [3.63, 3.8) is 0 Å². The highest BCUT2D eigenvalue weighted by molar-refractivity contribution is 7.89. The Labute approximate surface area is 174 Å². The summed E-state index contributed by atoms with van der Waals surface area (Å²) in [5.41, 5.74) is 6.28. The van der Waals surface area contributed by atoms with Crippen molar-refractivity contribution in [3.05, 3.63) is 62.7 Å². The fourth-order valence-corrected chi connectivity index (χ4v) is 6.07. The summed E-state index contributed by atoms with van der Waals surface area (Å²) >= 11 is 5.95. The van der Waals surface area contributed by atoms with Crippen LogP contribution >= 0.6 is 11.6 Å². The van der Waals surface area contributed by atoms with E-state index in [0.717, 1.165) is 46.9 Å². The molecule has 6 heteroatoms. The number of piperazine rings is 1. The summed E-state index contributed by atoms with van der Waals surface area (Å²) in [6, 6.07) is 7.84. The monoisotopic (exact) mass is 420 g/mol. The van der Waals surface area contributed by atoms with E-state index in [-0.39, 0.29) is 0 Å². The van der Waals surface area contributed by atoms with E-state index < -0.39 is 10.0 Å². The summed E-state index contributed by atoms with van der Waals surface area (Å²) in [6.07, 6.45) is 0. The third kappa shape index (κ3) is 3.99. The van der Waals surface area contributed by atoms with Crippen molar-refractivity contribution in [1.29, 1.82) is 0 Å². The molecule has 1 heterocycles. The molecule has 0 atom stereocenters. The van der Waals surface area contributed by atoms with E-state index in [1.807, 2.05) is 52.0 Å². The van der Waals surface area contributed by atoms with Gasteiger partial charge in [-0.15, -0.1) is 0 Å². The molecular formula is C22H29ClN2O2S. The second-order valence-corrected chi connectivity index (χ2v) is 10.1. The summed E-state index contributed by atoms with van der Waals surface area (Å²) in [7, 11) is -3.50. The van der Waals surface area contributed by atoms with Crippen LogP contribution in [-0.4, -0.2) is 43.8 Å². The molecule has 1 fully saturated rings. The second kappa shape index (κ2) is 8.15. The third-order valence-corrected chi connectivity index (χ3v) is 8.60. The highest BCUT2D eigenvalue weighted by Crippen LogP contribution is 2.32. The molecule has 0 spiro atoms. The van der Waals surface area contributed by atoms with Crippen molar-refractivity contribution in [2.24, 2.45) is 0 Å². The number of nitrogens with zero attached hydrogens (tertiary/aromatic N) is 2. The van der Waals surface area contributed by atoms with Gasteiger partial charge in [-0.2, -0.15) is 4.31 Å². The Balaban J connectivity index is 1.78. The predicted octanol–water partition coefficient (Wildman–Crippen LogP) is 4.39. The van der Waals surface area contributed by atoms with Gasteiger partial charge in [-0.1, -0.05) is 23.7 Å². The molecule has 3 rings (SSSR count). The van der Waals surface area contributed by atoms with Gasteiger partial charge in [-0.3, -0.25) is 4.90 Å². The molecule has 2 aromatic rings. The smallest absolute Gasteiger partial charge is 0.243 e. The lowest BCUT2D eigenvalue weighted by molar-refractivity contribution is 0.181. The molecule has 4 nitrogen and oxygen atoms in total. The van der Waals surface area contributed by atoms with E-state index >= 15 is 0 Å². The number of benzene rings is 2. The van der Waals surface area contributed by atoms with Crippen molar-refractivity contribution in [3.8, 4) is 0 Å². The summed E-state index contributed by atoms with van der Waals surface area (Å²) in [5.74, 6) is 0. The maximum Gasteiger partial charge on any atom is 0.243 e. The largest absolute Gasteiger partial charge is 0.296 e. The van der Waals surface area contributed by atoms with Gasteiger partial charge in [0.2, 0.25) is 10.0 Å². The average molecular weight is 421 g/mol. The molecule has 0 amide bonds. The van der Waals surface area contributed by atoms with Crippen molar-refractivity contribution in [2.75, 3.05) is 26.2 Å². The van der Waals surface area contributed by atoms with E-state index in [1.54, 1.807) is 4.31 Å². The fraction of sp³-hybridized carbons (Fsp3) is 0.455. The Bertz CT molecular complexity index is 948. The Morgan fingerprint density at radius 1 is 0.786 bits per heavy atom. The van der Waals surface area contributed by atoms with Gasteiger partial charge < -0.3 is 0 Å². The van der Waals surface area contributed by atoms with Crippen LogP contribution in [0.15, 0.2) is 29.2 Å². The molecule has 0 radical (unpaired) electrons. The molecular weight excluding hydrogens is 392 g/mol. The molecule has 0 aromatic heterocycles. The quantitative estimate of drug-likeness (QED) is 0.736. The normalized spacial score (nSPS) is 16.5. The number of hydrogen-bond acceptors (Lipinski definition) is 3. The Morgan fingerprint density at radius 2 is 1.25 bits per heavy atom. The van der Waals surface area contributed by atoms with Crippen molar-refractivity contribution in [2.45, 2.75) is 46.1 Å². The summed E-state index contributed by atoms with van der Waals surface area (Å²) in [6.45, 7) is 13.2. The minimum atomic E-state index is -3.50. The topological polar surface area (TPSA) is 40.6 Å².